The van der Waals surface area contributed by atoms with Gasteiger partial charge in [0, 0.05) is 12.3 Å². The summed E-state index contributed by atoms with van der Waals surface area (Å²) in [6.45, 7) is 0. The maximum absolute atomic E-state index is 12.4. The molecule has 1 saturated carbocycles. The number of aromatic hydroxyl groups is 2. The molecule has 2 N–H and O–H groups in total. The second kappa shape index (κ2) is 7.68. The molecule has 2 atom stereocenters. The molecule has 3 rings (SSSR count). The van der Waals surface area contributed by atoms with Gasteiger partial charge >= 0.3 is 0 Å². The van der Waals surface area contributed by atoms with Crippen LogP contribution in [0.25, 0.3) is 0 Å². The van der Waals surface area contributed by atoms with Crippen LogP contribution < -0.4 is 9.47 Å². The molecule has 5 heteroatoms. The predicted molar refractivity (Wildman–Crippen MR) is 97.9 cm³/mol. The number of carbonyl (C=O) groups excluding carboxylic acids is 1. The summed E-state index contributed by atoms with van der Waals surface area (Å²) in [7, 11) is 3.22. The molecule has 26 heavy (non-hydrogen) atoms. The molecule has 1 aliphatic carbocycles. The van der Waals surface area contributed by atoms with Crippen LogP contribution in [0.1, 0.15) is 24.0 Å². The second-order valence-corrected chi connectivity index (χ2v) is 6.79. The first kappa shape index (κ1) is 18.1. The predicted octanol–water partition coefficient (Wildman–Crippen LogP) is 3.50. The third-order valence-corrected chi connectivity index (χ3v) is 5.19. The highest BCUT2D eigenvalue weighted by Crippen LogP contribution is 2.37. The third kappa shape index (κ3) is 3.77. The Bertz CT molecular complexity index is 799. The van der Waals surface area contributed by atoms with E-state index in [1.165, 1.54) is 12.1 Å². The summed E-state index contributed by atoms with van der Waals surface area (Å²) in [4.78, 5) is 12.4. The Kier molecular flexibility index (Phi) is 5.35. The molecule has 0 radical (unpaired) electrons. The highest BCUT2D eigenvalue weighted by Gasteiger charge is 2.34. The fourth-order valence-electron chi connectivity index (χ4n) is 3.76. The number of ether oxygens (including phenoxy) is 2. The number of phenols is 2. The van der Waals surface area contributed by atoms with Crippen LogP contribution in [0.5, 0.6) is 23.0 Å². The van der Waals surface area contributed by atoms with Crippen molar-refractivity contribution < 1.29 is 24.5 Å². The lowest BCUT2D eigenvalue weighted by Gasteiger charge is -2.19. The van der Waals surface area contributed by atoms with E-state index in [-0.39, 0.29) is 29.1 Å². The fourth-order valence-corrected chi connectivity index (χ4v) is 3.76. The van der Waals surface area contributed by atoms with Gasteiger partial charge in [0.1, 0.15) is 5.78 Å². The summed E-state index contributed by atoms with van der Waals surface area (Å²) in [5.41, 5.74) is 1.97. The number of benzene rings is 2. The number of methoxy groups -OCH3 is 2. The van der Waals surface area contributed by atoms with Crippen LogP contribution in [-0.4, -0.2) is 30.2 Å². The lowest BCUT2D eigenvalue weighted by atomic mass is 9.85. The fraction of sp³-hybridized carbons (Fsp3) is 0.381. The topological polar surface area (TPSA) is 76.0 Å². The van der Waals surface area contributed by atoms with Crippen LogP contribution in [0.2, 0.25) is 0 Å². The van der Waals surface area contributed by atoms with Crippen molar-refractivity contribution in [2.24, 2.45) is 11.8 Å². The minimum absolute atomic E-state index is 0.0768. The van der Waals surface area contributed by atoms with Crippen molar-refractivity contribution in [2.75, 3.05) is 14.2 Å². The molecule has 1 fully saturated rings. The molecule has 0 aromatic heterocycles. The molecular formula is C21H24O5. The van der Waals surface area contributed by atoms with Crippen LogP contribution in [0.4, 0.5) is 0 Å². The van der Waals surface area contributed by atoms with Crippen molar-refractivity contribution in [3.8, 4) is 23.0 Å². The molecule has 0 aliphatic heterocycles. The van der Waals surface area contributed by atoms with Crippen LogP contribution in [0.15, 0.2) is 36.4 Å². The minimum Gasteiger partial charge on any atom is -0.504 e. The van der Waals surface area contributed by atoms with Crippen molar-refractivity contribution in [3.05, 3.63) is 47.5 Å². The van der Waals surface area contributed by atoms with Gasteiger partial charge in [0.2, 0.25) is 0 Å². The van der Waals surface area contributed by atoms with Gasteiger partial charge in [0.15, 0.2) is 23.0 Å². The van der Waals surface area contributed by atoms with E-state index in [1.807, 2.05) is 18.2 Å². The zero-order valence-corrected chi connectivity index (χ0v) is 15.1. The van der Waals surface area contributed by atoms with E-state index in [2.05, 4.69) is 0 Å². The molecular weight excluding hydrogens is 332 g/mol. The lowest BCUT2D eigenvalue weighted by molar-refractivity contribution is -0.121. The maximum Gasteiger partial charge on any atom is 0.160 e. The van der Waals surface area contributed by atoms with Crippen LogP contribution in [-0.2, 0) is 17.6 Å². The smallest absolute Gasteiger partial charge is 0.160 e. The van der Waals surface area contributed by atoms with Crippen LogP contribution >= 0.6 is 0 Å². The minimum atomic E-state index is -0.149. The van der Waals surface area contributed by atoms with Crippen molar-refractivity contribution in [2.45, 2.75) is 25.7 Å². The van der Waals surface area contributed by atoms with Gasteiger partial charge in [0.05, 0.1) is 14.2 Å². The molecule has 1 aliphatic rings. The summed E-state index contributed by atoms with van der Waals surface area (Å²) in [5, 5.41) is 19.1. The zero-order valence-electron chi connectivity index (χ0n) is 15.1. The molecule has 0 bridgehead atoms. The van der Waals surface area contributed by atoms with Gasteiger partial charge < -0.3 is 19.7 Å². The molecule has 0 amide bonds. The van der Waals surface area contributed by atoms with Gasteiger partial charge in [-0.1, -0.05) is 12.1 Å². The Morgan fingerprint density at radius 1 is 0.923 bits per heavy atom. The average molecular weight is 356 g/mol. The second-order valence-electron chi connectivity index (χ2n) is 6.79. The van der Waals surface area contributed by atoms with Gasteiger partial charge in [-0.25, -0.2) is 0 Å². The Balaban J connectivity index is 1.76. The lowest BCUT2D eigenvalue weighted by Crippen LogP contribution is -2.19. The maximum atomic E-state index is 12.4. The van der Waals surface area contributed by atoms with Gasteiger partial charge in [-0.3, -0.25) is 4.79 Å². The largest absolute Gasteiger partial charge is 0.504 e. The molecule has 0 heterocycles. The van der Waals surface area contributed by atoms with Gasteiger partial charge in [-0.15, -0.1) is 0 Å². The number of carbonyl (C=O) groups is 1. The molecule has 0 unspecified atom stereocenters. The molecule has 2 aromatic carbocycles. The van der Waals surface area contributed by atoms with Crippen LogP contribution in [0, 0.1) is 11.8 Å². The Morgan fingerprint density at radius 2 is 1.62 bits per heavy atom. The first-order chi connectivity index (χ1) is 12.5. The van der Waals surface area contributed by atoms with Crippen molar-refractivity contribution in [1.82, 2.24) is 0 Å². The number of hydrogen-bond donors (Lipinski definition) is 2. The van der Waals surface area contributed by atoms with Crippen molar-refractivity contribution in [1.29, 1.82) is 0 Å². The number of hydrogen-bond acceptors (Lipinski definition) is 5. The Morgan fingerprint density at radius 3 is 2.31 bits per heavy atom. The summed E-state index contributed by atoms with van der Waals surface area (Å²) in [6.07, 6.45) is 2.82. The first-order valence-corrected chi connectivity index (χ1v) is 8.76. The third-order valence-electron chi connectivity index (χ3n) is 5.19. The van der Waals surface area contributed by atoms with Crippen molar-refractivity contribution in [3.63, 3.8) is 0 Å². The van der Waals surface area contributed by atoms with E-state index in [0.717, 1.165) is 24.0 Å². The number of phenolic OH excluding ortho intramolecular Hbond substituents is 2. The molecule has 0 saturated heterocycles. The average Bonchev–Trinajstić information content (AvgIpc) is 2.98. The van der Waals surface area contributed by atoms with E-state index in [1.54, 1.807) is 20.3 Å². The van der Waals surface area contributed by atoms with E-state index in [0.29, 0.717) is 24.3 Å². The monoisotopic (exact) mass is 356 g/mol. The standard InChI is InChI=1S/C21H24O5/c1-25-20-8-4-13(12-21(20)26-2)9-15-5-7-17(22)16(15)10-14-3-6-18(23)19(24)11-14/h3-4,6,8,11-12,15-16,23-24H,5,7,9-10H2,1-2H3/t15-,16-/m0/s1. The first-order valence-electron chi connectivity index (χ1n) is 8.76. The highest BCUT2D eigenvalue weighted by atomic mass is 16.5. The SMILES string of the molecule is COc1ccc(C[C@@H]2CCC(=O)[C@H]2Cc2ccc(O)c(O)c2)cc1OC. The quantitative estimate of drug-likeness (QED) is 0.775. The van der Waals surface area contributed by atoms with E-state index >= 15 is 0 Å². The zero-order chi connectivity index (χ0) is 18.7. The Hall–Kier alpha value is -2.69. The molecule has 5 nitrogen and oxygen atoms in total. The summed E-state index contributed by atoms with van der Waals surface area (Å²) in [5.74, 6) is 1.52. The van der Waals surface area contributed by atoms with E-state index in [4.69, 9.17) is 9.47 Å². The van der Waals surface area contributed by atoms with Crippen LogP contribution in [0.3, 0.4) is 0 Å². The van der Waals surface area contributed by atoms with E-state index in [9.17, 15) is 15.0 Å². The van der Waals surface area contributed by atoms with E-state index < -0.39 is 0 Å². The van der Waals surface area contributed by atoms with Gasteiger partial charge in [-0.05, 0) is 60.6 Å². The van der Waals surface area contributed by atoms with Gasteiger partial charge in [-0.2, -0.15) is 0 Å². The number of ketones is 1. The van der Waals surface area contributed by atoms with Crippen molar-refractivity contribution >= 4 is 5.78 Å². The van der Waals surface area contributed by atoms with Gasteiger partial charge in [0.25, 0.3) is 0 Å². The Labute approximate surface area is 153 Å². The summed E-state index contributed by atoms with van der Waals surface area (Å²) < 4.78 is 10.6. The summed E-state index contributed by atoms with van der Waals surface area (Å²) >= 11 is 0. The number of rotatable bonds is 6. The summed E-state index contributed by atoms with van der Waals surface area (Å²) in [6, 6.07) is 10.6. The molecule has 0 spiro atoms. The molecule has 138 valence electrons. The highest BCUT2D eigenvalue weighted by molar-refractivity contribution is 5.83. The molecule has 2 aromatic rings. The normalized spacial score (nSPS) is 19.5. The number of Topliss-reactive ketones (excluding diaryl/α,β-unsaturated/α-hetero) is 1.